The molecule has 0 atom stereocenters. The molecule has 2 aromatic rings. The molecular formula is C18H15F2NO5. The maximum atomic E-state index is 13.0. The third kappa shape index (κ3) is 3.90. The highest BCUT2D eigenvalue weighted by Crippen LogP contribution is 2.42. The third-order valence-corrected chi connectivity index (χ3v) is 3.63. The van der Waals surface area contributed by atoms with Gasteiger partial charge in [-0.1, -0.05) is 17.7 Å². The maximum Gasteiger partial charge on any atom is 0.586 e. The number of aryl methyl sites for hydroxylation is 2. The number of fused-ring (bicyclic) bond motifs is 1. The van der Waals surface area contributed by atoms with E-state index in [-0.39, 0.29) is 17.2 Å². The van der Waals surface area contributed by atoms with E-state index in [9.17, 15) is 18.4 Å². The van der Waals surface area contributed by atoms with Gasteiger partial charge in [-0.2, -0.15) is 0 Å². The van der Waals surface area contributed by atoms with E-state index in [1.165, 1.54) is 18.2 Å². The van der Waals surface area contributed by atoms with E-state index >= 15 is 0 Å². The number of hydrogen-bond donors (Lipinski definition) is 1. The summed E-state index contributed by atoms with van der Waals surface area (Å²) in [6.45, 7) is 3.08. The van der Waals surface area contributed by atoms with Crippen molar-refractivity contribution in [2.75, 3.05) is 11.9 Å². The highest BCUT2D eigenvalue weighted by Gasteiger charge is 2.43. The second-order valence-electron chi connectivity index (χ2n) is 5.77. The maximum absolute atomic E-state index is 13.0. The quantitative estimate of drug-likeness (QED) is 0.843. The Morgan fingerprint density at radius 1 is 1.08 bits per heavy atom. The number of esters is 1. The van der Waals surface area contributed by atoms with Gasteiger partial charge in [-0.3, -0.25) is 4.79 Å². The van der Waals surface area contributed by atoms with Crippen molar-refractivity contribution in [2.24, 2.45) is 0 Å². The molecule has 1 heterocycles. The molecule has 136 valence electrons. The third-order valence-electron chi connectivity index (χ3n) is 3.63. The van der Waals surface area contributed by atoms with Crippen LogP contribution in [0.4, 0.5) is 14.5 Å². The number of halogens is 2. The molecule has 1 aliphatic heterocycles. The lowest BCUT2D eigenvalue weighted by Gasteiger charge is -2.09. The van der Waals surface area contributed by atoms with Gasteiger partial charge in [-0.25, -0.2) is 4.79 Å². The van der Waals surface area contributed by atoms with Crippen molar-refractivity contribution in [2.45, 2.75) is 20.1 Å². The van der Waals surface area contributed by atoms with Crippen LogP contribution < -0.4 is 14.8 Å². The smallest absolute Gasteiger partial charge is 0.452 e. The first-order chi connectivity index (χ1) is 12.2. The fraction of sp³-hybridized carbons (Fsp3) is 0.222. The van der Waals surface area contributed by atoms with Gasteiger partial charge in [-0.05, 0) is 37.6 Å². The lowest BCUT2D eigenvalue weighted by Crippen LogP contribution is -2.25. The van der Waals surface area contributed by atoms with Gasteiger partial charge in [0.15, 0.2) is 18.1 Å². The van der Waals surface area contributed by atoms with Crippen LogP contribution >= 0.6 is 0 Å². The van der Waals surface area contributed by atoms with Gasteiger partial charge >= 0.3 is 12.3 Å². The molecule has 2 aromatic carbocycles. The molecule has 1 amide bonds. The van der Waals surface area contributed by atoms with Gasteiger partial charge in [-0.15, -0.1) is 8.78 Å². The SMILES string of the molecule is Cc1ccc(C)c(C(=O)OCC(=O)Nc2ccc3c(c2)OC(F)(F)O3)c1. The second-order valence-corrected chi connectivity index (χ2v) is 5.77. The average molecular weight is 363 g/mol. The van der Waals surface area contributed by atoms with Crippen molar-refractivity contribution in [3.63, 3.8) is 0 Å². The van der Waals surface area contributed by atoms with Gasteiger partial charge in [0.2, 0.25) is 0 Å². The van der Waals surface area contributed by atoms with Crippen molar-refractivity contribution in [1.82, 2.24) is 0 Å². The molecule has 0 aliphatic carbocycles. The van der Waals surface area contributed by atoms with Crippen LogP contribution in [0.3, 0.4) is 0 Å². The summed E-state index contributed by atoms with van der Waals surface area (Å²) in [5, 5.41) is 2.44. The highest BCUT2D eigenvalue weighted by molar-refractivity contribution is 5.96. The van der Waals surface area contributed by atoms with Crippen LogP contribution in [0.2, 0.25) is 0 Å². The number of alkyl halides is 2. The van der Waals surface area contributed by atoms with Crippen molar-refractivity contribution in [3.8, 4) is 11.5 Å². The van der Waals surface area contributed by atoms with Gasteiger partial charge in [0.25, 0.3) is 5.91 Å². The van der Waals surface area contributed by atoms with E-state index in [1.54, 1.807) is 19.1 Å². The number of nitrogens with one attached hydrogen (secondary N) is 1. The van der Waals surface area contributed by atoms with Gasteiger partial charge in [0.1, 0.15) is 0 Å². The molecule has 0 bridgehead atoms. The minimum Gasteiger partial charge on any atom is -0.452 e. The molecule has 0 unspecified atom stereocenters. The highest BCUT2D eigenvalue weighted by atomic mass is 19.3. The molecule has 26 heavy (non-hydrogen) atoms. The van der Waals surface area contributed by atoms with Crippen LogP contribution in [-0.4, -0.2) is 24.8 Å². The fourth-order valence-corrected chi connectivity index (χ4v) is 2.39. The Bertz CT molecular complexity index is 882. The molecule has 3 rings (SSSR count). The normalized spacial score (nSPS) is 14.0. The minimum absolute atomic E-state index is 0.130. The Hall–Kier alpha value is -3.16. The molecule has 0 fully saturated rings. The Balaban J connectivity index is 1.58. The molecule has 1 aliphatic rings. The van der Waals surface area contributed by atoms with E-state index in [4.69, 9.17) is 4.74 Å². The number of benzene rings is 2. The van der Waals surface area contributed by atoms with Crippen molar-refractivity contribution < 1.29 is 32.6 Å². The zero-order chi connectivity index (χ0) is 18.9. The van der Waals surface area contributed by atoms with E-state index < -0.39 is 24.8 Å². The number of rotatable bonds is 4. The van der Waals surface area contributed by atoms with Gasteiger partial charge < -0.3 is 19.5 Å². The predicted octanol–water partition coefficient (Wildman–Crippen LogP) is 3.42. The van der Waals surface area contributed by atoms with E-state index in [1.807, 2.05) is 13.0 Å². The number of hydrogen-bond acceptors (Lipinski definition) is 5. The summed E-state index contributed by atoms with van der Waals surface area (Å²) in [5.41, 5.74) is 2.21. The average Bonchev–Trinajstić information content (AvgIpc) is 2.88. The van der Waals surface area contributed by atoms with Crippen molar-refractivity contribution >= 4 is 17.6 Å². The largest absolute Gasteiger partial charge is 0.586 e. The summed E-state index contributed by atoms with van der Waals surface area (Å²) in [4.78, 5) is 24.0. The zero-order valence-electron chi connectivity index (χ0n) is 14.0. The Morgan fingerprint density at radius 2 is 1.81 bits per heavy atom. The lowest BCUT2D eigenvalue weighted by molar-refractivity contribution is -0.286. The van der Waals surface area contributed by atoms with E-state index in [2.05, 4.69) is 14.8 Å². The molecule has 0 saturated heterocycles. The summed E-state index contributed by atoms with van der Waals surface area (Å²) >= 11 is 0. The molecule has 0 spiro atoms. The van der Waals surface area contributed by atoms with Crippen LogP contribution in [0.25, 0.3) is 0 Å². The lowest BCUT2D eigenvalue weighted by atomic mass is 10.1. The van der Waals surface area contributed by atoms with Crippen LogP contribution in [0.1, 0.15) is 21.5 Å². The first-order valence-corrected chi connectivity index (χ1v) is 7.68. The molecular weight excluding hydrogens is 348 g/mol. The number of ether oxygens (including phenoxy) is 3. The first kappa shape index (κ1) is 17.7. The zero-order valence-corrected chi connectivity index (χ0v) is 14.0. The summed E-state index contributed by atoms with van der Waals surface area (Å²) in [5.74, 6) is -1.56. The summed E-state index contributed by atoms with van der Waals surface area (Å²) < 4.78 is 39.5. The van der Waals surface area contributed by atoms with Crippen LogP contribution in [-0.2, 0) is 9.53 Å². The number of anilines is 1. The summed E-state index contributed by atoms with van der Waals surface area (Å²) in [7, 11) is 0. The topological polar surface area (TPSA) is 73.9 Å². The predicted molar refractivity (Wildman–Crippen MR) is 87.5 cm³/mol. The summed E-state index contributed by atoms with van der Waals surface area (Å²) in [6.07, 6.45) is -3.73. The number of carbonyl (C=O) groups excluding carboxylic acids is 2. The minimum atomic E-state index is -3.73. The van der Waals surface area contributed by atoms with Crippen LogP contribution in [0, 0.1) is 13.8 Å². The Kier molecular flexibility index (Phi) is 4.50. The molecule has 0 aromatic heterocycles. The standard InChI is InChI=1S/C18H15F2NO5/c1-10-3-4-11(2)13(7-10)17(23)24-9-16(22)21-12-5-6-14-15(8-12)26-18(19,20)25-14/h3-8H,9H2,1-2H3,(H,21,22). The molecule has 0 saturated carbocycles. The van der Waals surface area contributed by atoms with Crippen molar-refractivity contribution in [3.05, 3.63) is 53.1 Å². The number of carbonyl (C=O) groups is 2. The Labute approximate surface area is 147 Å². The molecule has 8 heteroatoms. The fourth-order valence-electron chi connectivity index (χ4n) is 2.39. The van der Waals surface area contributed by atoms with Crippen LogP contribution in [0.15, 0.2) is 36.4 Å². The van der Waals surface area contributed by atoms with Crippen LogP contribution in [0.5, 0.6) is 11.5 Å². The second kappa shape index (κ2) is 6.62. The first-order valence-electron chi connectivity index (χ1n) is 7.68. The van der Waals surface area contributed by atoms with E-state index in [0.717, 1.165) is 11.1 Å². The van der Waals surface area contributed by atoms with Crippen molar-refractivity contribution in [1.29, 1.82) is 0 Å². The molecule has 0 radical (unpaired) electrons. The Morgan fingerprint density at radius 3 is 2.58 bits per heavy atom. The molecule has 6 nitrogen and oxygen atoms in total. The molecule has 1 N–H and O–H groups in total. The van der Waals surface area contributed by atoms with E-state index in [0.29, 0.717) is 5.56 Å². The number of amides is 1. The summed E-state index contributed by atoms with van der Waals surface area (Å²) in [6, 6.07) is 9.13. The monoisotopic (exact) mass is 363 g/mol. The van der Waals surface area contributed by atoms with Gasteiger partial charge in [0.05, 0.1) is 5.56 Å². The van der Waals surface area contributed by atoms with Gasteiger partial charge in [0, 0.05) is 11.8 Å².